The minimum absolute atomic E-state index is 0.0238. The van der Waals surface area contributed by atoms with Crippen molar-refractivity contribution < 1.29 is 113 Å². The molecule has 36 nitrogen and oxygen atoms in total. The topological polar surface area (TPSA) is 563 Å². The lowest BCUT2D eigenvalue weighted by Gasteiger charge is -2.33. The molecule has 20 atom stereocenters. The molecular weight excluding hydrogens is 1510 g/mol. The highest BCUT2D eigenvalue weighted by molar-refractivity contribution is 5.99. The van der Waals surface area contributed by atoms with Gasteiger partial charge in [0.05, 0.1) is 68.2 Å². The number of rotatable bonds is 49. The lowest BCUT2D eigenvalue weighted by Crippen LogP contribution is -2.64. The Morgan fingerprint density at radius 3 is 1.55 bits per heavy atom. The van der Waals surface area contributed by atoms with Gasteiger partial charge in [-0.3, -0.25) is 62.3 Å². The highest BCUT2D eigenvalue weighted by Gasteiger charge is 2.48. The molecule has 20 N–H and O–H groups in total. The largest absolute Gasteiger partial charge is 0.508 e. The average molecular weight is 1650 g/mol. The molecule has 3 rings (SSSR count). The molecule has 662 valence electrons. The van der Waals surface area contributed by atoms with E-state index in [1.54, 1.807) is 53.9 Å². The number of hydrogen-bond donors (Lipinski definition) is 19. The van der Waals surface area contributed by atoms with E-state index in [4.69, 9.17) is 10.5 Å². The van der Waals surface area contributed by atoms with Crippen molar-refractivity contribution in [2.75, 3.05) is 33.7 Å². The third kappa shape index (κ3) is 36.7. The fourth-order valence-electron chi connectivity index (χ4n) is 13.0. The van der Waals surface area contributed by atoms with Gasteiger partial charge in [0, 0.05) is 25.9 Å². The zero-order valence-electron chi connectivity index (χ0n) is 71.1. The Bertz CT molecular complexity index is 3300. The SMILES string of the molecule is CCCCCCC.CCCCCCCC(C)[C@H](CC(=O)N[C@@H](C(C)=O)[C@@H](C)O)OC(=O)[C@H](CCCC)NC(=O)[C@H](NC(=O)CNC)[C@@H](C)O.CN[C@H](C)C(=O)N[C@@H](Cc1ccc(O)c(C)c1)C(=O)N[C@H](C(=O)N1C[C@H](O)C[C@H]1C(=O)N[C@@H](C(=O)N[C@H](C(=O)N1CC[C@H](O)[C@H]1C(=O)NC(C(C)=O)C(O)CC(N)=O)[C@@H](C)O)[C@@H](C)O)C(C)C. The summed E-state index contributed by atoms with van der Waals surface area (Å²) < 4.78 is 5.86. The number of phenolic OH excluding ortho intramolecular Hbond substituents is 1. The molecule has 0 saturated carbocycles. The first-order chi connectivity index (χ1) is 54.4. The summed E-state index contributed by atoms with van der Waals surface area (Å²) in [6.45, 7) is 23.5. The molecule has 2 saturated heterocycles. The summed E-state index contributed by atoms with van der Waals surface area (Å²) in [6, 6.07) is -10.5. The van der Waals surface area contributed by atoms with Crippen molar-refractivity contribution in [2.45, 2.75) is 341 Å². The Hall–Kier alpha value is -8.36. The minimum atomic E-state index is -1.86. The number of primary amides is 1. The van der Waals surface area contributed by atoms with E-state index in [0.29, 0.717) is 24.0 Å². The lowest BCUT2D eigenvalue weighted by molar-refractivity contribution is -0.158. The van der Waals surface area contributed by atoms with Crippen LogP contribution in [0.2, 0.25) is 0 Å². The van der Waals surface area contributed by atoms with Gasteiger partial charge in [-0.15, -0.1) is 0 Å². The number of aliphatic hydroxyl groups excluding tert-OH is 7. The van der Waals surface area contributed by atoms with Crippen molar-refractivity contribution in [1.29, 1.82) is 0 Å². The second-order valence-electron chi connectivity index (χ2n) is 31.0. The van der Waals surface area contributed by atoms with Crippen molar-refractivity contribution in [2.24, 2.45) is 17.6 Å². The van der Waals surface area contributed by atoms with Gasteiger partial charge in [-0.25, -0.2) is 4.79 Å². The van der Waals surface area contributed by atoms with Crippen molar-refractivity contribution in [3.8, 4) is 5.75 Å². The number of likely N-dealkylation sites (tertiary alicyclic amines) is 2. The molecule has 0 spiro atoms. The molecule has 36 heteroatoms. The number of ether oxygens (including phenoxy) is 1. The zero-order valence-corrected chi connectivity index (χ0v) is 71.1. The van der Waals surface area contributed by atoms with Crippen LogP contribution in [-0.2, 0) is 78.3 Å². The van der Waals surface area contributed by atoms with E-state index in [1.807, 2.05) is 13.8 Å². The summed E-state index contributed by atoms with van der Waals surface area (Å²) in [6.07, 6.45) is 2.07. The monoisotopic (exact) mass is 1650 g/mol. The number of carbonyl (C=O) groups is 14. The number of likely N-dealkylation sites (N-methyl/N-ethyl adjacent to an activating group) is 2. The van der Waals surface area contributed by atoms with E-state index in [-0.39, 0.29) is 63.4 Å². The third-order valence-electron chi connectivity index (χ3n) is 20.2. The molecule has 2 fully saturated rings. The van der Waals surface area contributed by atoms with E-state index in [0.717, 1.165) is 69.1 Å². The molecule has 2 heterocycles. The van der Waals surface area contributed by atoms with Crippen molar-refractivity contribution in [1.82, 2.24) is 63.0 Å². The quantitative estimate of drug-likeness (QED) is 0.0272. The maximum Gasteiger partial charge on any atom is 0.328 e. The average Bonchev–Trinajstić information content (AvgIpc) is 1.58. The number of benzene rings is 1. The van der Waals surface area contributed by atoms with Gasteiger partial charge in [0.25, 0.3) is 0 Å². The summed E-state index contributed by atoms with van der Waals surface area (Å²) in [4.78, 5) is 185. The molecule has 11 amide bonds. The maximum absolute atomic E-state index is 14.3. The van der Waals surface area contributed by atoms with Crippen molar-refractivity contribution >= 4 is 82.5 Å². The Morgan fingerprint density at radius 1 is 0.543 bits per heavy atom. The van der Waals surface area contributed by atoms with Crippen LogP contribution in [0.3, 0.4) is 0 Å². The van der Waals surface area contributed by atoms with E-state index in [9.17, 15) is 108 Å². The van der Waals surface area contributed by atoms with Gasteiger partial charge in [-0.1, -0.05) is 138 Å². The first-order valence-electron chi connectivity index (χ1n) is 40.8. The van der Waals surface area contributed by atoms with Gasteiger partial charge >= 0.3 is 5.97 Å². The number of β-amino-alcohol motifs (C(OH)–C–C–N with tert-alkyl or cyclic N) is 1. The summed E-state index contributed by atoms with van der Waals surface area (Å²) in [5, 5.41) is 109. The van der Waals surface area contributed by atoms with Gasteiger partial charge in [0.15, 0.2) is 11.6 Å². The number of ketones is 2. The summed E-state index contributed by atoms with van der Waals surface area (Å²) >= 11 is 0. The molecule has 2 aliphatic heterocycles. The summed E-state index contributed by atoms with van der Waals surface area (Å²) in [7, 11) is 3.13. The predicted octanol–water partition coefficient (Wildman–Crippen LogP) is -1.08. The van der Waals surface area contributed by atoms with Gasteiger partial charge < -0.3 is 114 Å². The standard InChI is InChI=1S/C43H67N9O15.C30H56N4O8.C7H16/c1-18(2)32(47-38(62)26(46-37(61)20(4)45-8)14-24-9-10-28(57)19(3)13-24)42(66)52-17-25(56)15-27(52)39(63)49-34(22(6)54)40(64)50-35(23(7)55)43(67)51-12-11-29(58)36(51)41(65)48-33(21(5)53)30(59)16-31(44)60;1-8-10-12-13-14-15-19(3)24(17-25(38)33-27(20(4)35)21(5)36)42-30(41)23(16-11-9-2)32-29(40)28(22(6)37)34-26(39)18-31-7;1-3-5-7-6-4-2/h9-10,13,18,20,22-23,25-27,29-30,32-36,45,54-59H,11-12,14-17H2,1-8H3,(H2,44,60)(H,46,61)(H,47,62)(H,48,65)(H,49,63)(H,50,64);19-20,22-24,27-28,31,35,37H,8-18H2,1-7H3,(H,32,40)(H,33,38)(H,34,39);3-7H2,1-2H3/t20-,22-,23-,25-,26+,27+,29+,30?,32+,33?,34-,35+,36+;19?,20-,22-,23+,24+,27-,28-;/m11./s1. The second kappa shape index (κ2) is 54.6. The van der Waals surface area contributed by atoms with E-state index in [1.165, 1.54) is 58.9 Å². The van der Waals surface area contributed by atoms with Gasteiger partial charge in [0.2, 0.25) is 65.0 Å². The van der Waals surface area contributed by atoms with Crippen LogP contribution >= 0.6 is 0 Å². The first kappa shape index (κ1) is 106. The highest BCUT2D eigenvalue weighted by Crippen LogP contribution is 2.26. The third-order valence-corrected chi connectivity index (χ3v) is 20.2. The normalized spacial score (nSPS) is 19.3. The van der Waals surface area contributed by atoms with E-state index < -0.39 is 210 Å². The summed E-state index contributed by atoms with van der Waals surface area (Å²) in [5.41, 5.74) is 6.22. The number of Topliss-reactive ketones (excluding diaryl/α,β-unsaturated/α-hetero) is 2. The number of unbranched alkanes of at least 4 members (excludes halogenated alkanes) is 9. The van der Waals surface area contributed by atoms with Crippen molar-refractivity contribution in [3.63, 3.8) is 0 Å². The van der Waals surface area contributed by atoms with Crippen molar-refractivity contribution in [3.05, 3.63) is 29.3 Å². The number of nitrogens with zero attached hydrogens (tertiary/aromatic N) is 2. The number of nitrogens with one attached hydrogen (secondary N) is 10. The van der Waals surface area contributed by atoms with Crippen LogP contribution in [0.25, 0.3) is 0 Å². The summed E-state index contributed by atoms with van der Waals surface area (Å²) in [5.74, 6) is -11.9. The lowest BCUT2D eigenvalue weighted by atomic mass is 9.94. The van der Waals surface area contributed by atoms with Crippen LogP contribution in [0, 0.1) is 18.8 Å². The van der Waals surface area contributed by atoms with Crippen LogP contribution in [-0.4, -0.2) is 282 Å². The Labute approximate surface area is 683 Å². The van der Waals surface area contributed by atoms with Gasteiger partial charge in [-0.05, 0) is 118 Å². The fourth-order valence-corrected chi connectivity index (χ4v) is 13.0. The number of nitrogens with two attached hydrogens (primary N) is 1. The molecule has 1 aromatic rings. The number of carbonyl (C=O) groups excluding carboxylic acids is 14. The molecule has 116 heavy (non-hydrogen) atoms. The second-order valence-corrected chi connectivity index (χ2v) is 31.0. The zero-order chi connectivity index (χ0) is 88.5. The predicted molar refractivity (Wildman–Crippen MR) is 430 cm³/mol. The fraction of sp³-hybridized carbons (Fsp3) is 0.750. The Balaban J connectivity index is 0.00000117. The van der Waals surface area contributed by atoms with Gasteiger partial charge in [-0.2, -0.15) is 0 Å². The Morgan fingerprint density at radius 2 is 1.04 bits per heavy atom. The number of hydrogen-bond acceptors (Lipinski definition) is 25. The molecule has 1 aromatic carbocycles. The van der Waals surface area contributed by atoms with E-state index >= 15 is 0 Å². The number of aryl methyl sites for hydroxylation is 1. The molecular formula is C80H139N13O23. The number of aliphatic hydroxyl groups is 7. The smallest absolute Gasteiger partial charge is 0.328 e. The molecule has 3 unspecified atom stereocenters. The minimum Gasteiger partial charge on any atom is -0.508 e. The van der Waals surface area contributed by atoms with Crippen LogP contribution in [0.5, 0.6) is 5.75 Å². The maximum atomic E-state index is 14.3. The first-order valence-corrected chi connectivity index (χ1v) is 40.8. The highest BCUT2D eigenvalue weighted by atomic mass is 16.5. The van der Waals surface area contributed by atoms with E-state index in [2.05, 4.69) is 73.9 Å². The van der Waals surface area contributed by atoms with Crippen LogP contribution < -0.4 is 58.9 Å². The number of amides is 11. The number of esters is 1. The molecule has 2 aliphatic rings. The molecule has 0 aliphatic carbocycles. The molecule has 0 aromatic heterocycles. The van der Waals surface area contributed by atoms with Gasteiger partial charge in [0.1, 0.15) is 72.3 Å². The van der Waals surface area contributed by atoms with Crippen LogP contribution in [0.1, 0.15) is 224 Å². The number of phenols is 1. The molecule has 0 radical (unpaired) electrons. The Kier molecular flexibility index (Phi) is 49.7. The number of aromatic hydroxyl groups is 1. The van der Waals surface area contributed by atoms with Crippen LogP contribution in [0.4, 0.5) is 0 Å². The molecule has 0 bridgehead atoms. The van der Waals surface area contributed by atoms with Crippen LogP contribution in [0.15, 0.2) is 18.2 Å².